The van der Waals surface area contributed by atoms with E-state index in [0.717, 1.165) is 19.1 Å². The smallest absolute Gasteiger partial charge is 0.231 e. The third-order valence-electron chi connectivity index (χ3n) is 2.67. The molecule has 0 saturated heterocycles. The van der Waals surface area contributed by atoms with Gasteiger partial charge in [0.15, 0.2) is 0 Å². The van der Waals surface area contributed by atoms with Crippen LogP contribution in [0.15, 0.2) is 0 Å². The van der Waals surface area contributed by atoms with Crippen LogP contribution in [0.4, 0.5) is 0 Å². The Kier molecular flexibility index (Phi) is 5.46. The van der Waals surface area contributed by atoms with Gasteiger partial charge < -0.3 is 4.57 Å². The topological polar surface area (TPSA) is 3.24 Å². The molecule has 0 aliphatic heterocycles. The van der Waals surface area contributed by atoms with Crippen LogP contribution in [0.5, 0.6) is 0 Å². The lowest BCUT2D eigenvalue weighted by Gasteiger charge is -2.38. The zero-order valence-corrected chi connectivity index (χ0v) is 10.8. The molecule has 0 rings (SSSR count). The fourth-order valence-corrected chi connectivity index (χ4v) is 5.51. The van der Waals surface area contributed by atoms with Crippen LogP contribution in [0.2, 0.25) is 11.6 Å². The maximum atomic E-state index is 6.69. The summed E-state index contributed by atoms with van der Waals surface area (Å²) in [5.74, 6) is 0. The average Bonchev–Trinajstić information content (AvgIpc) is 2.05. The fraction of sp³-hybridized carbons (Fsp3) is 1.00. The predicted octanol–water partition coefficient (Wildman–Crippen LogP) is 3.44. The maximum absolute atomic E-state index is 6.69. The summed E-state index contributed by atoms with van der Waals surface area (Å²) in [6, 6.07) is 1.15. The van der Waals surface area contributed by atoms with Crippen molar-refractivity contribution < 1.29 is 0 Å². The first kappa shape index (κ1) is 12.5. The molecular formula is C9H22ClNSi. The molecular weight excluding hydrogens is 186 g/mol. The van der Waals surface area contributed by atoms with Crippen molar-refractivity contribution in [3.63, 3.8) is 0 Å². The highest BCUT2D eigenvalue weighted by Crippen LogP contribution is 2.31. The minimum atomic E-state index is -1.62. The predicted molar refractivity (Wildman–Crippen MR) is 60.1 cm³/mol. The van der Waals surface area contributed by atoms with E-state index in [2.05, 4.69) is 39.2 Å². The first-order chi connectivity index (χ1) is 5.52. The Morgan fingerprint density at radius 1 is 1.17 bits per heavy atom. The summed E-state index contributed by atoms with van der Waals surface area (Å²) in [5, 5.41) is 0. The van der Waals surface area contributed by atoms with Crippen molar-refractivity contribution in [2.75, 3.05) is 13.1 Å². The monoisotopic (exact) mass is 207 g/mol. The van der Waals surface area contributed by atoms with Crippen molar-refractivity contribution in [2.24, 2.45) is 0 Å². The molecule has 0 aromatic heterocycles. The van der Waals surface area contributed by atoms with Crippen molar-refractivity contribution in [3.8, 4) is 0 Å². The molecule has 1 atom stereocenters. The van der Waals surface area contributed by atoms with E-state index < -0.39 is 7.55 Å². The van der Waals surface area contributed by atoms with Gasteiger partial charge in [-0.15, -0.1) is 11.1 Å². The van der Waals surface area contributed by atoms with Crippen LogP contribution in [-0.4, -0.2) is 25.2 Å². The van der Waals surface area contributed by atoms with Crippen molar-refractivity contribution in [3.05, 3.63) is 0 Å². The van der Waals surface area contributed by atoms with Crippen LogP contribution in [0, 0.1) is 0 Å². The van der Waals surface area contributed by atoms with Gasteiger partial charge in [0, 0.05) is 0 Å². The molecule has 0 fully saturated rings. The molecule has 0 saturated carbocycles. The standard InChI is InChI=1S/C9H22ClNSi/c1-6-11(7-2)12(10,8-3)9(4)5/h9H,6-8H2,1-5H3. The van der Waals surface area contributed by atoms with Gasteiger partial charge in [0.05, 0.1) is 0 Å². The van der Waals surface area contributed by atoms with E-state index in [1.54, 1.807) is 0 Å². The third-order valence-corrected chi connectivity index (χ3v) is 9.94. The van der Waals surface area contributed by atoms with Crippen molar-refractivity contribution >= 4 is 18.6 Å². The van der Waals surface area contributed by atoms with Gasteiger partial charge in [-0.25, -0.2) is 0 Å². The summed E-state index contributed by atoms with van der Waals surface area (Å²) in [7, 11) is -1.62. The molecule has 0 bridgehead atoms. The Hall–Kier alpha value is 0.467. The third kappa shape index (κ3) is 2.48. The average molecular weight is 208 g/mol. The highest BCUT2D eigenvalue weighted by Gasteiger charge is 2.37. The van der Waals surface area contributed by atoms with Crippen LogP contribution in [-0.2, 0) is 0 Å². The van der Waals surface area contributed by atoms with Gasteiger partial charge in [0.2, 0.25) is 7.55 Å². The molecule has 0 aromatic rings. The van der Waals surface area contributed by atoms with Crippen molar-refractivity contribution in [2.45, 2.75) is 46.2 Å². The minimum absolute atomic E-state index is 0.643. The summed E-state index contributed by atoms with van der Waals surface area (Å²) in [6.07, 6.45) is 0. The Labute approximate surface area is 82.9 Å². The number of halogens is 1. The van der Waals surface area contributed by atoms with Gasteiger partial charge >= 0.3 is 0 Å². The first-order valence-electron chi connectivity index (χ1n) is 4.96. The molecule has 1 unspecified atom stereocenters. The quantitative estimate of drug-likeness (QED) is 0.493. The molecule has 3 heteroatoms. The molecule has 1 nitrogen and oxygen atoms in total. The van der Waals surface area contributed by atoms with E-state index in [-0.39, 0.29) is 0 Å². The summed E-state index contributed by atoms with van der Waals surface area (Å²) < 4.78 is 2.47. The van der Waals surface area contributed by atoms with Gasteiger partial charge in [-0.1, -0.05) is 34.6 Å². The maximum Gasteiger partial charge on any atom is 0.231 e. The zero-order valence-electron chi connectivity index (χ0n) is 9.02. The highest BCUT2D eigenvalue weighted by atomic mass is 35.6. The molecule has 0 amide bonds. The number of rotatable bonds is 5. The van der Waals surface area contributed by atoms with E-state index in [0.29, 0.717) is 5.54 Å². The Morgan fingerprint density at radius 2 is 1.58 bits per heavy atom. The van der Waals surface area contributed by atoms with Crippen LogP contribution in [0.25, 0.3) is 0 Å². The van der Waals surface area contributed by atoms with Crippen LogP contribution >= 0.6 is 11.1 Å². The molecule has 0 radical (unpaired) electrons. The lowest BCUT2D eigenvalue weighted by molar-refractivity contribution is 0.462. The van der Waals surface area contributed by atoms with Gasteiger partial charge in [-0.05, 0) is 24.7 Å². The zero-order chi connectivity index (χ0) is 9.78. The second kappa shape index (κ2) is 5.25. The second-order valence-corrected chi connectivity index (χ2v) is 9.59. The summed E-state index contributed by atoms with van der Waals surface area (Å²) >= 11 is 6.69. The van der Waals surface area contributed by atoms with Gasteiger partial charge in [-0.3, -0.25) is 0 Å². The van der Waals surface area contributed by atoms with E-state index in [4.69, 9.17) is 11.1 Å². The van der Waals surface area contributed by atoms with Crippen LogP contribution in [0.3, 0.4) is 0 Å². The summed E-state index contributed by atoms with van der Waals surface area (Å²) in [6.45, 7) is 13.3. The lowest BCUT2D eigenvalue weighted by Crippen LogP contribution is -2.50. The molecule has 74 valence electrons. The van der Waals surface area contributed by atoms with Crippen LogP contribution in [0.1, 0.15) is 34.6 Å². The number of hydrogen-bond donors (Lipinski definition) is 0. The Balaban J connectivity index is 4.47. The van der Waals surface area contributed by atoms with E-state index in [9.17, 15) is 0 Å². The van der Waals surface area contributed by atoms with Crippen molar-refractivity contribution in [1.29, 1.82) is 0 Å². The second-order valence-electron chi connectivity index (χ2n) is 3.50. The number of nitrogens with zero attached hydrogens (tertiary/aromatic N) is 1. The van der Waals surface area contributed by atoms with E-state index in [1.165, 1.54) is 0 Å². The van der Waals surface area contributed by atoms with E-state index in [1.807, 2.05) is 0 Å². The molecule has 0 N–H and O–H groups in total. The minimum Gasteiger partial charge on any atom is -0.312 e. The molecule has 0 heterocycles. The highest BCUT2D eigenvalue weighted by molar-refractivity contribution is 7.19. The molecule has 12 heavy (non-hydrogen) atoms. The normalized spacial score (nSPS) is 17.0. The summed E-state index contributed by atoms with van der Waals surface area (Å²) in [4.78, 5) is 0. The van der Waals surface area contributed by atoms with E-state index >= 15 is 0 Å². The molecule has 0 spiro atoms. The largest absolute Gasteiger partial charge is 0.312 e. The fourth-order valence-electron chi connectivity index (χ4n) is 1.75. The van der Waals surface area contributed by atoms with Gasteiger partial charge in [0.25, 0.3) is 0 Å². The Morgan fingerprint density at radius 3 is 1.67 bits per heavy atom. The van der Waals surface area contributed by atoms with Gasteiger partial charge in [-0.2, -0.15) is 0 Å². The molecule has 0 aromatic carbocycles. The summed E-state index contributed by atoms with van der Waals surface area (Å²) in [5.41, 5.74) is 0.643. The lowest BCUT2D eigenvalue weighted by atomic mass is 10.6. The Bertz CT molecular complexity index is 126. The van der Waals surface area contributed by atoms with Gasteiger partial charge in [0.1, 0.15) is 0 Å². The number of hydrogen-bond acceptors (Lipinski definition) is 1. The van der Waals surface area contributed by atoms with Crippen LogP contribution < -0.4 is 0 Å². The molecule has 0 aliphatic carbocycles. The molecule has 0 aliphatic rings. The SMILES string of the molecule is CCN(CC)[Si](Cl)(CC)C(C)C. The first-order valence-corrected chi connectivity index (χ1v) is 8.21. The van der Waals surface area contributed by atoms with Crippen molar-refractivity contribution in [1.82, 2.24) is 4.57 Å².